The summed E-state index contributed by atoms with van der Waals surface area (Å²) in [6, 6.07) is 13.8. The van der Waals surface area contributed by atoms with Gasteiger partial charge < -0.3 is 14.5 Å². The highest BCUT2D eigenvalue weighted by Gasteiger charge is 2.15. The van der Waals surface area contributed by atoms with Crippen molar-refractivity contribution in [2.75, 3.05) is 17.7 Å². The Morgan fingerprint density at radius 3 is 2.71 bits per heavy atom. The molecule has 4 aromatic rings. The second kappa shape index (κ2) is 8.80. The summed E-state index contributed by atoms with van der Waals surface area (Å²) in [4.78, 5) is 29.1. The molecule has 2 aromatic heterocycles. The molecule has 0 atom stereocenters. The molecule has 0 aliphatic heterocycles. The summed E-state index contributed by atoms with van der Waals surface area (Å²) in [6.07, 6.45) is 1.40. The van der Waals surface area contributed by atoms with Crippen molar-refractivity contribution in [2.45, 2.75) is 0 Å². The largest absolute Gasteiger partial charge is 0.496 e. The van der Waals surface area contributed by atoms with Gasteiger partial charge >= 0.3 is 0 Å². The van der Waals surface area contributed by atoms with Crippen molar-refractivity contribution in [3.63, 3.8) is 0 Å². The summed E-state index contributed by atoms with van der Waals surface area (Å²) < 4.78 is 24.0. The molecular weight excluding hydrogens is 421 g/mol. The third-order valence-corrected chi connectivity index (χ3v) is 5.05. The first-order chi connectivity index (χ1) is 15.0. The number of thiazole rings is 1. The van der Waals surface area contributed by atoms with E-state index in [4.69, 9.17) is 9.15 Å². The van der Waals surface area contributed by atoms with Crippen molar-refractivity contribution in [1.82, 2.24) is 4.98 Å². The number of ether oxygens (including phenoxy) is 1. The lowest BCUT2D eigenvalue weighted by atomic mass is 10.1. The summed E-state index contributed by atoms with van der Waals surface area (Å²) in [5.41, 5.74) is 1.74. The molecule has 0 saturated carbocycles. The van der Waals surface area contributed by atoms with Gasteiger partial charge in [-0.25, -0.2) is 9.37 Å². The van der Waals surface area contributed by atoms with Crippen LogP contribution in [0.3, 0.4) is 0 Å². The number of carbonyl (C=O) groups is 2. The normalized spacial score (nSPS) is 10.5. The van der Waals surface area contributed by atoms with Crippen LogP contribution in [0.15, 0.2) is 70.7 Å². The molecule has 0 unspecified atom stereocenters. The molecule has 2 amide bonds. The zero-order valence-electron chi connectivity index (χ0n) is 16.2. The monoisotopic (exact) mass is 437 g/mol. The van der Waals surface area contributed by atoms with Gasteiger partial charge in [-0.3, -0.25) is 14.9 Å². The van der Waals surface area contributed by atoms with Gasteiger partial charge in [-0.15, -0.1) is 11.3 Å². The summed E-state index contributed by atoms with van der Waals surface area (Å²) >= 11 is 1.20. The molecule has 0 saturated heterocycles. The fourth-order valence-electron chi connectivity index (χ4n) is 2.84. The number of amides is 2. The van der Waals surface area contributed by atoms with Gasteiger partial charge in [-0.1, -0.05) is 6.07 Å². The third kappa shape index (κ3) is 4.62. The summed E-state index contributed by atoms with van der Waals surface area (Å²) in [6.45, 7) is 0. The minimum atomic E-state index is -0.420. The van der Waals surface area contributed by atoms with Crippen molar-refractivity contribution in [3.8, 4) is 17.0 Å². The number of anilines is 2. The molecule has 0 fully saturated rings. The molecule has 0 aliphatic rings. The number of rotatable bonds is 6. The Kier molecular flexibility index (Phi) is 5.76. The Balaban J connectivity index is 1.48. The van der Waals surface area contributed by atoms with Crippen LogP contribution in [-0.4, -0.2) is 23.9 Å². The summed E-state index contributed by atoms with van der Waals surface area (Å²) in [7, 11) is 1.49. The maximum absolute atomic E-state index is 13.6. The smallest absolute Gasteiger partial charge is 0.291 e. The number of halogens is 1. The van der Waals surface area contributed by atoms with E-state index in [1.807, 2.05) is 0 Å². The minimum Gasteiger partial charge on any atom is -0.496 e. The summed E-state index contributed by atoms with van der Waals surface area (Å²) in [5.74, 6) is -0.595. The van der Waals surface area contributed by atoms with Gasteiger partial charge in [0.25, 0.3) is 11.8 Å². The number of furan rings is 1. The topological polar surface area (TPSA) is 93.5 Å². The van der Waals surface area contributed by atoms with Crippen LogP contribution in [0.4, 0.5) is 15.2 Å². The molecule has 0 spiro atoms. The Morgan fingerprint density at radius 2 is 1.94 bits per heavy atom. The standard InChI is InChI=1S/C22H16FN3O4S/c1-29-18-8-7-14(23)11-16(18)17-12-31-22(25-17)26-20(27)13-4-2-5-15(10-13)24-21(28)19-6-3-9-30-19/h2-12H,1H3,(H,24,28)(H,25,26,27). The van der Waals surface area contributed by atoms with Crippen LogP contribution < -0.4 is 15.4 Å². The highest BCUT2D eigenvalue weighted by atomic mass is 32.1. The number of aromatic nitrogens is 1. The lowest BCUT2D eigenvalue weighted by Crippen LogP contribution is -2.14. The van der Waals surface area contributed by atoms with Gasteiger partial charge in [0.15, 0.2) is 10.9 Å². The lowest BCUT2D eigenvalue weighted by Gasteiger charge is -2.07. The second-order valence-electron chi connectivity index (χ2n) is 6.35. The number of nitrogens with one attached hydrogen (secondary N) is 2. The SMILES string of the molecule is COc1ccc(F)cc1-c1csc(NC(=O)c2cccc(NC(=O)c3ccco3)c2)n1. The van der Waals surface area contributed by atoms with E-state index in [1.54, 1.807) is 41.8 Å². The number of nitrogens with zero attached hydrogens (tertiary/aromatic N) is 1. The van der Waals surface area contributed by atoms with Gasteiger partial charge in [0.1, 0.15) is 11.6 Å². The van der Waals surface area contributed by atoms with Gasteiger partial charge in [-0.05, 0) is 48.5 Å². The lowest BCUT2D eigenvalue weighted by molar-refractivity contribution is 0.0993. The first kappa shape index (κ1) is 20.3. The molecule has 2 heterocycles. The van der Waals surface area contributed by atoms with Crippen molar-refractivity contribution in [3.05, 3.63) is 83.4 Å². The summed E-state index contributed by atoms with van der Waals surface area (Å²) in [5, 5.41) is 7.43. The molecule has 0 radical (unpaired) electrons. The van der Waals surface area contributed by atoms with Crippen LogP contribution in [0.25, 0.3) is 11.3 Å². The van der Waals surface area contributed by atoms with Crippen molar-refractivity contribution < 1.29 is 23.1 Å². The molecule has 31 heavy (non-hydrogen) atoms. The highest BCUT2D eigenvalue weighted by molar-refractivity contribution is 7.14. The molecule has 2 N–H and O–H groups in total. The Morgan fingerprint density at radius 1 is 1.06 bits per heavy atom. The van der Waals surface area contributed by atoms with Crippen LogP contribution in [-0.2, 0) is 0 Å². The highest BCUT2D eigenvalue weighted by Crippen LogP contribution is 2.33. The van der Waals surface area contributed by atoms with E-state index in [1.165, 1.54) is 42.9 Å². The van der Waals surface area contributed by atoms with Crippen LogP contribution in [0, 0.1) is 5.82 Å². The van der Waals surface area contributed by atoms with Gasteiger partial charge in [0.05, 0.1) is 19.1 Å². The molecule has 9 heteroatoms. The molecule has 2 aromatic carbocycles. The number of benzene rings is 2. The molecule has 0 bridgehead atoms. The number of carbonyl (C=O) groups excluding carboxylic acids is 2. The van der Waals surface area contributed by atoms with Crippen LogP contribution in [0.2, 0.25) is 0 Å². The molecule has 156 valence electrons. The fourth-order valence-corrected chi connectivity index (χ4v) is 3.55. The molecule has 4 rings (SSSR count). The van der Waals surface area contributed by atoms with E-state index in [2.05, 4.69) is 15.6 Å². The van der Waals surface area contributed by atoms with E-state index in [-0.39, 0.29) is 5.76 Å². The van der Waals surface area contributed by atoms with Crippen LogP contribution in [0.1, 0.15) is 20.9 Å². The van der Waals surface area contributed by atoms with Crippen LogP contribution in [0.5, 0.6) is 5.75 Å². The zero-order valence-corrected chi connectivity index (χ0v) is 17.0. The second-order valence-corrected chi connectivity index (χ2v) is 7.21. The van der Waals surface area contributed by atoms with E-state index in [0.717, 1.165) is 0 Å². The average molecular weight is 437 g/mol. The van der Waals surface area contributed by atoms with Crippen molar-refractivity contribution in [1.29, 1.82) is 0 Å². The molecule has 7 nitrogen and oxygen atoms in total. The fraction of sp³-hybridized carbons (Fsp3) is 0.0455. The van der Waals surface area contributed by atoms with E-state index in [9.17, 15) is 14.0 Å². The molecule has 0 aliphatic carbocycles. The third-order valence-electron chi connectivity index (χ3n) is 4.29. The van der Waals surface area contributed by atoms with Gasteiger partial charge in [0.2, 0.25) is 0 Å². The Bertz CT molecular complexity index is 1240. The quantitative estimate of drug-likeness (QED) is 0.440. The van der Waals surface area contributed by atoms with Gasteiger partial charge in [-0.2, -0.15) is 0 Å². The minimum absolute atomic E-state index is 0.165. The Hall–Kier alpha value is -3.98. The Labute approximate surface area is 180 Å². The first-order valence-electron chi connectivity index (χ1n) is 9.09. The number of hydrogen-bond donors (Lipinski definition) is 2. The molecular formula is C22H16FN3O4S. The average Bonchev–Trinajstić information content (AvgIpc) is 3.46. The van der Waals surface area contributed by atoms with Crippen LogP contribution >= 0.6 is 11.3 Å². The van der Waals surface area contributed by atoms with E-state index in [0.29, 0.717) is 33.4 Å². The van der Waals surface area contributed by atoms with E-state index >= 15 is 0 Å². The van der Waals surface area contributed by atoms with Crippen molar-refractivity contribution in [2.24, 2.45) is 0 Å². The van der Waals surface area contributed by atoms with Gasteiger partial charge in [0, 0.05) is 22.2 Å². The maximum atomic E-state index is 13.6. The maximum Gasteiger partial charge on any atom is 0.291 e. The zero-order chi connectivity index (χ0) is 21.8. The van der Waals surface area contributed by atoms with Crippen molar-refractivity contribution >= 4 is 34.0 Å². The predicted octanol–water partition coefficient (Wildman–Crippen LogP) is 5.06. The predicted molar refractivity (Wildman–Crippen MR) is 115 cm³/mol. The number of methoxy groups -OCH3 is 1. The first-order valence-corrected chi connectivity index (χ1v) is 9.97. The number of hydrogen-bond acceptors (Lipinski definition) is 6. The van der Waals surface area contributed by atoms with E-state index < -0.39 is 17.6 Å².